The summed E-state index contributed by atoms with van der Waals surface area (Å²) in [4.78, 5) is 48.9. The first-order chi connectivity index (χ1) is 16.3. The maximum absolute atomic E-state index is 13.0. The summed E-state index contributed by atoms with van der Waals surface area (Å²) in [7, 11) is 0. The molecule has 3 N–H and O–H groups in total. The molecule has 4 rings (SSSR count). The number of alkyl carbamates (subject to hydrolysis) is 1. The number of carboxylic acids is 1. The first-order valence-corrected chi connectivity index (χ1v) is 11.2. The Labute approximate surface area is 197 Å². The lowest BCUT2D eigenvalue weighted by Crippen LogP contribution is -2.55. The highest BCUT2D eigenvalue weighted by molar-refractivity contribution is 5.96. The Kier molecular flexibility index (Phi) is 6.54. The average Bonchev–Trinajstić information content (AvgIpc) is 3.35. The molecule has 34 heavy (non-hydrogen) atoms. The largest absolute Gasteiger partial charge is 0.480 e. The first-order valence-electron chi connectivity index (χ1n) is 11.2. The molecule has 2 atom stereocenters. The van der Waals surface area contributed by atoms with Crippen molar-refractivity contribution in [2.24, 2.45) is 5.92 Å². The van der Waals surface area contributed by atoms with Crippen LogP contribution in [0.15, 0.2) is 48.5 Å². The molecule has 9 heteroatoms. The highest BCUT2D eigenvalue weighted by Crippen LogP contribution is 2.44. The van der Waals surface area contributed by atoms with E-state index in [2.05, 4.69) is 10.7 Å². The molecule has 178 valence electrons. The molecule has 1 saturated heterocycles. The zero-order valence-corrected chi connectivity index (χ0v) is 19.0. The molecule has 0 spiro atoms. The van der Waals surface area contributed by atoms with Crippen LogP contribution in [0.5, 0.6) is 0 Å². The van der Waals surface area contributed by atoms with Gasteiger partial charge in [-0.3, -0.25) is 15.0 Å². The Bertz CT molecular complexity index is 1090. The van der Waals surface area contributed by atoms with Crippen molar-refractivity contribution in [2.75, 3.05) is 6.61 Å². The predicted molar refractivity (Wildman–Crippen MR) is 122 cm³/mol. The molecule has 3 amide bonds. The van der Waals surface area contributed by atoms with Crippen LogP contribution in [0.4, 0.5) is 4.79 Å². The number of nitrogens with one attached hydrogen (secondary N) is 2. The topological polar surface area (TPSA) is 125 Å². The van der Waals surface area contributed by atoms with Crippen molar-refractivity contribution in [3.63, 3.8) is 0 Å². The maximum atomic E-state index is 13.0. The van der Waals surface area contributed by atoms with Gasteiger partial charge in [-0.1, -0.05) is 62.4 Å². The summed E-state index contributed by atoms with van der Waals surface area (Å²) in [6.07, 6.45) is -0.861. The molecule has 9 nitrogen and oxygen atoms in total. The molecule has 2 aromatic rings. The highest BCUT2D eigenvalue weighted by Gasteiger charge is 2.42. The van der Waals surface area contributed by atoms with Crippen molar-refractivity contribution < 1.29 is 29.0 Å². The van der Waals surface area contributed by atoms with Gasteiger partial charge >= 0.3 is 12.1 Å². The normalized spacial score (nSPS) is 17.7. The monoisotopic (exact) mass is 465 g/mol. The molecular weight excluding hydrogens is 438 g/mol. The Morgan fingerprint density at radius 1 is 1.09 bits per heavy atom. The van der Waals surface area contributed by atoms with Crippen LogP contribution in [0, 0.1) is 5.92 Å². The minimum absolute atomic E-state index is 0.0180. The van der Waals surface area contributed by atoms with Crippen LogP contribution in [0.2, 0.25) is 0 Å². The van der Waals surface area contributed by atoms with Crippen molar-refractivity contribution in [3.05, 3.63) is 59.7 Å². The van der Waals surface area contributed by atoms with Gasteiger partial charge in [0.15, 0.2) is 6.04 Å². The van der Waals surface area contributed by atoms with E-state index in [4.69, 9.17) is 4.74 Å². The summed E-state index contributed by atoms with van der Waals surface area (Å²) in [6.45, 7) is 3.83. The van der Waals surface area contributed by atoms with Gasteiger partial charge in [-0.05, 0) is 34.6 Å². The standard InChI is InChI=1S/C25H27N3O6/c1-14(2)11-20(23(30)28-21(24(31)32)12-22(29)27-28)26-25(33)34-13-19-17-9-5-3-7-15(17)16-8-4-6-10-18(16)19/h3-10,14,19-21H,11-13H2,1-2H3,(H,26,33)(H,27,29)(H,31,32). The summed E-state index contributed by atoms with van der Waals surface area (Å²) < 4.78 is 5.54. The molecule has 2 unspecified atom stereocenters. The van der Waals surface area contributed by atoms with E-state index in [1.54, 1.807) is 0 Å². The van der Waals surface area contributed by atoms with Crippen LogP contribution in [0.3, 0.4) is 0 Å². The number of aliphatic carboxylic acids is 1. The molecule has 2 aromatic carbocycles. The highest BCUT2D eigenvalue weighted by atomic mass is 16.5. The minimum Gasteiger partial charge on any atom is -0.480 e. The van der Waals surface area contributed by atoms with Crippen LogP contribution in [0.1, 0.15) is 43.7 Å². The Morgan fingerprint density at radius 3 is 2.24 bits per heavy atom. The number of hydrogen-bond donors (Lipinski definition) is 3. The first kappa shape index (κ1) is 23.3. The zero-order chi connectivity index (χ0) is 24.4. The van der Waals surface area contributed by atoms with Crippen LogP contribution in [-0.2, 0) is 19.1 Å². The third kappa shape index (κ3) is 4.59. The quantitative estimate of drug-likeness (QED) is 0.577. The van der Waals surface area contributed by atoms with Crippen molar-refractivity contribution in [1.82, 2.24) is 15.8 Å². The van der Waals surface area contributed by atoms with Gasteiger partial charge in [-0.2, -0.15) is 0 Å². The second-order valence-corrected chi connectivity index (χ2v) is 8.95. The van der Waals surface area contributed by atoms with Gasteiger partial charge in [0, 0.05) is 5.92 Å². The number of fused-ring (bicyclic) bond motifs is 3. The van der Waals surface area contributed by atoms with Crippen LogP contribution >= 0.6 is 0 Å². The van der Waals surface area contributed by atoms with Crippen LogP contribution in [-0.4, -0.2) is 52.7 Å². The van der Waals surface area contributed by atoms with Gasteiger partial charge in [0.05, 0.1) is 6.42 Å². The molecule has 0 radical (unpaired) electrons. The van der Waals surface area contributed by atoms with E-state index >= 15 is 0 Å². The number of amides is 3. The number of carbonyl (C=O) groups excluding carboxylic acids is 3. The van der Waals surface area contributed by atoms with Gasteiger partial charge in [-0.25, -0.2) is 14.6 Å². The van der Waals surface area contributed by atoms with E-state index in [1.165, 1.54) is 0 Å². The molecule has 1 aliphatic heterocycles. The fourth-order valence-corrected chi connectivity index (χ4v) is 4.57. The SMILES string of the molecule is CC(C)CC(NC(=O)OCC1c2ccccc2-c2ccccc21)C(=O)N1NC(=O)CC1C(=O)O. The van der Waals surface area contributed by atoms with E-state index in [0.717, 1.165) is 27.3 Å². The second kappa shape index (κ2) is 9.54. The third-order valence-electron chi connectivity index (χ3n) is 6.10. The molecule has 0 saturated carbocycles. The van der Waals surface area contributed by atoms with E-state index in [1.807, 2.05) is 62.4 Å². The molecular formula is C25H27N3O6. The predicted octanol–water partition coefficient (Wildman–Crippen LogP) is 2.66. The number of hydrazine groups is 1. The van der Waals surface area contributed by atoms with Gasteiger partial charge in [-0.15, -0.1) is 0 Å². The summed E-state index contributed by atoms with van der Waals surface area (Å²) in [6, 6.07) is 13.5. The molecule has 0 aromatic heterocycles. The summed E-state index contributed by atoms with van der Waals surface area (Å²) in [5.41, 5.74) is 6.62. The van der Waals surface area contributed by atoms with Crippen LogP contribution < -0.4 is 10.7 Å². The maximum Gasteiger partial charge on any atom is 0.407 e. The molecule has 2 aliphatic rings. The van der Waals surface area contributed by atoms with Crippen molar-refractivity contribution in [1.29, 1.82) is 0 Å². The number of carboxylic acid groups (broad SMARTS) is 1. The fourth-order valence-electron chi connectivity index (χ4n) is 4.57. The van der Waals surface area contributed by atoms with E-state index < -0.39 is 36.0 Å². The molecule has 1 aliphatic carbocycles. The molecule has 0 bridgehead atoms. The van der Waals surface area contributed by atoms with Gasteiger partial charge < -0.3 is 15.2 Å². The smallest absolute Gasteiger partial charge is 0.407 e. The number of benzene rings is 2. The van der Waals surface area contributed by atoms with E-state index in [-0.39, 0.29) is 31.3 Å². The zero-order valence-electron chi connectivity index (χ0n) is 19.0. The fraction of sp³-hybridized carbons (Fsp3) is 0.360. The number of ether oxygens (including phenoxy) is 1. The lowest BCUT2D eigenvalue weighted by atomic mass is 9.98. The number of carbonyl (C=O) groups is 4. The third-order valence-corrected chi connectivity index (χ3v) is 6.10. The van der Waals surface area contributed by atoms with E-state index in [0.29, 0.717) is 0 Å². The second-order valence-electron chi connectivity index (χ2n) is 8.95. The van der Waals surface area contributed by atoms with Gasteiger partial charge in [0.25, 0.3) is 5.91 Å². The molecule has 1 heterocycles. The Morgan fingerprint density at radius 2 is 1.68 bits per heavy atom. The van der Waals surface area contributed by atoms with Gasteiger partial charge in [0.2, 0.25) is 5.91 Å². The lowest BCUT2D eigenvalue weighted by Gasteiger charge is -2.27. The van der Waals surface area contributed by atoms with Crippen LogP contribution in [0.25, 0.3) is 11.1 Å². The summed E-state index contributed by atoms with van der Waals surface area (Å²) in [5, 5.41) is 12.7. The van der Waals surface area contributed by atoms with Crippen molar-refractivity contribution >= 4 is 23.9 Å². The van der Waals surface area contributed by atoms with E-state index in [9.17, 15) is 24.3 Å². The summed E-state index contributed by atoms with van der Waals surface area (Å²) in [5.74, 6) is -2.67. The van der Waals surface area contributed by atoms with Crippen molar-refractivity contribution in [2.45, 2.75) is 44.7 Å². The number of rotatable bonds is 7. The van der Waals surface area contributed by atoms with Crippen molar-refractivity contribution in [3.8, 4) is 11.1 Å². The minimum atomic E-state index is -1.32. The number of hydrogen-bond acceptors (Lipinski definition) is 5. The van der Waals surface area contributed by atoms with Gasteiger partial charge in [0.1, 0.15) is 12.6 Å². The average molecular weight is 466 g/mol. The summed E-state index contributed by atoms with van der Waals surface area (Å²) >= 11 is 0. The Hall–Kier alpha value is -3.88. The lowest BCUT2D eigenvalue weighted by molar-refractivity contribution is -0.151. The molecule has 1 fully saturated rings. The number of nitrogens with zero attached hydrogens (tertiary/aromatic N) is 1. The Balaban J connectivity index is 1.46.